The zero-order valence-electron chi connectivity index (χ0n) is 12.0. The highest BCUT2D eigenvalue weighted by Gasteiger charge is 2.22. The molecule has 7 heteroatoms. The second kappa shape index (κ2) is 7.37. The second-order valence-corrected chi connectivity index (χ2v) is 4.59. The number of Topliss-reactive ketones (excluding diaryl/α,β-unsaturated/α-hetero) is 1. The Hall–Kier alpha value is -2.44. The first-order valence-corrected chi connectivity index (χ1v) is 6.71. The van der Waals surface area contributed by atoms with Crippen molar-refractivity contribution >= 4 is 23.1 Å². The van der Waals surface area contributed by atoms with Gasteiger partial charge in [0, 0.05) is 18.1 Å². The summed E-state index contributed by atoms with van der Waals surface area (Å²) in [5.74, 6) is -1.27. The summed E-state index contributed by atoms with van der Waals surface area (Å²) in [5.41, 5.74) is 0.0577. The van der Waals surface area contributed by atoms with Gasteiger partial charge in [-0.3, -0.25) is 14.9 Å². The van der Waals surface area contributed by atoms with Crippen LogP contribution in [0.1, 0.15) is 43.5 Å². The van der Waals surface area contributed by atoms with Crippen molar-refractivity contribution in [3.63, 3.8) is 0 Å². The molecule has 0 aromatic heterocycles. The van der Waals surface area contributed by atoms with Crippen LogP contribution < -0.4 is 5.32 Å². The molecule has 1 aromatic rings. The number of anilines is 1. The van der Waals surface area contributed by atoms with Crippen LogP contribution in [0.25, 0.3) is 0 Å². The standard InChI is InChI=1S/C14H18N2O5/c1-3-5-11(14(18)19)15-10-7-6-9(13(17)4-2)8-12(10)16(20)21/h6-8,11,15H,3-5H2,1-2H3,(H,18,19). The number of hydrogen-bond acceptors (Lipinski definition) is 5. The van der Waals surface area contributed by atoms with Gasteiger partial charge in [0.25, 0.3) is 5.69 Å². The lowest BCUT2D eigenvalue weighted by molar-refractivity contribution is -0.384. The number of carbonyl (C=O) groups is 2. The molecule has 1 unspecified atom stereocenters. The first-order valence-electron chi connectivity index (χ1n) is 6.71. The quantitative estimate of drug-likeness (QED) is 0.433. The van der Waals surface area contributed by atoms with Crippen LogP contribution in [0.5, 0.6) is 0 Å². The molecule has 21 heavy (non-hydrogen) atoms. The minimum absolute atomic E-state index is 0.105. The van der Waals surface area contributed by atoms with Crippen LogP contribution in [0, 0.1) is 10.1 Å². The van der Waals surface area contributed by atoms with Gasteiger partial charge in [-0.2, -0.15) is 0 Å². The number of rotatable bonds is 8. The molecule has 0 radical (unpaired) electrons. The summed E-state index contributed by atoms with van der Waals surface area (Å²) >= 11 is 0. The van der Waals surface area contributed by atoms with Crippen molar-refractivity contribution in [3.8, 4) is 0 Å². The molecule has 114 valence electrons. The molecular weight excluding hydrogens is 276 g/mol. The van der Waals surface area contributed by atoms with Crippen LogP contribution in [0.15, 0.2) is 18.2 Å². The van der Waals surface area contributed by atoms with Gasteiger partial charge in [-0.05, 0) is 18.6 Å². The van der Waals surface area contributed by atoms with Crippen molar-refractivity contribution in [2.24, 2.45) is 0 Å². The molecule has 2 N–H and O–H groups in total. The Morgan fingerprint density at radius 3 is 2.52 bits per heavy atom. The molecule has 1 rings (SSSR count). The fraction of sp³-hybridized carbons (Fsp3) is 0.429. The molecule has 0 spiro atoms. The van der Waals surface area contributed by atoms with Crippen molar-refractivity contribution in [1.82, 2.24) is 0 Å². The van der Waals surface area contributed by atoms with E-state index in [-0.39, 0.29) is 29.1 Å². The highest BCUT2D eigenvalue weighted by Crippen LogP contribution is 2.27. The number of benzene rings is 1. The van der Waals surface area contributed by atoms with Crippen LogP contribution in [0.3, 0.4) is 0 Å². The SMILES string of the molecule is CCCC(Nc1ccc(C(=O)CC)cc1[N+](=O)[O-])C(=O)O. The van der Waals surface area contributed by atoms with E-state index in [0.29, 0.717) is 12.8 Å². The fourth-order valence-corrected chi connectivity index (χ4v) is 1.92. The summed E-state index contributed by atoms with van der Waals surface area (Å²) in [6.07, 6.45) is 1.23. The number of nitro groups is 1. The van der Waals surface area contributed by atoms with Crippen molar-refractivity contribution in [2.45, 2.75) is 39.2 Å². The van der Waals surface area contributed by atoms with E-state index in [1.807, 2.05) is 6.92 Å². The number of carbonyl (C=O) groups excluding carboxylic acids is 1. The molecule has 0 aliphatic heterocycles. The highest BCUT2D eigenvalue weighted by molar-refractivity contribution is 5.97. The first-order chi connectivity index (χ1) is 9.90. The molecule has 0 aliphatic rings. The number of nitrogens with one attached hydrogen (secondary N) is 1. The molecule has 0 heterocycles. The Bertz CT molecular complexity index is 556. The average Bonchev–Trinajstić information content (AvgIpc) is 2.45. The third kappa shape index (κ3) is 4.27. The average molecular weight is 294 g/mol. The molecule has 0 amide bonds. The van der Waals surface area contributed by atoms with Gasteiger partial charge in [0.05, 0.1) is 4.92 Å². The normalized spacial score (nSPS) is 11.7. The predicted octanol–water partition coefficient (Wildman–Crippen LogP) is 2.85. The summed E-state index contributed by atoms with van der Waals surface area (Å²) in [6.45, 7) is 3.50. The molecule has 7 nitrogen and oxygen atoms in total. The molecule has 0 bridgehead atoms. The maximum atomic E-state index is 11.6. The lowest BCUT2D eigenvalue weighted by atomic mass is 10.1. The Morgan fingerprint density at radius 2 is 2.05 bits per heavy atom. The third-order valence-corrected chi connectivity index (χ3v) is 3.04. The van der Waals surface area contributed by atoms with E-state index in [2.05, 4.69) is 5.32 Å². The molecule has 1 atom stereocenters. The van der Waals surface area contributed by atoms with Gasteiger partial charge in [0.2, 0.25) is 0 Å². The second-order valence-electron chi connectivity index (χ2n) is 4.59. The fourth-order valence-electron chi connectivity index (χ4n) is 1.92. The minimum Gasteiger partial charge on any atom is -0.480 e. The van der Waals surface area contributed by atoms with E-state index in [1.54, 1.807) is 6.92 Å². The number of ketones is 1. The van der Waals surface area contributed by atoms with Crippen LogP contribution in [-0.4, -0.2) is 27.8 Å². The molecule has 0 aliphatic carbocycles. The van der Waals surface area contributed by atoms with Crippen molar-refractivity contribution in [2.75, 3.05) is 5.32 Å². The summed E-state index contributed by atoms with van der Waals surface area (Å²) < 4.78 is 0. The summed E-state index contributed by atoms with van der Waals surface area (Å²) in [5, 5.41) is 22.9. The molecule has 0 fully saturated rings. The van der Waals surface area contributed by atoms with E-state index in [4.69, 9.17) is 5.11 Å². The minimum atomic E-state index is -1.07. The van der Waals surface area contributed by atoms with E-state index in [9.17, 15) is 19.7 Å². The number of nitrogens with zero attached hydrogens (tertiary/aromatic N) is 1. The monoisotopic (exact) mass is 294 g/mol. The number of aliphatic carboxylic acids is 1. The smallest absolute Gasteiger partial charge is 0.326 e. The summed E-state index contributed by atoms with van der Waals surface area (Å²) in [7, 11) is 0. The number of nitro benzene ring substituents is 1. The van der Waals surface area contributed by atoms with Gasteiger partial charge < -0.3 is 10.4 Å². The molecular formula is C14H18N2O5. The van der Waals surface area contributed by atoms with Crippen molar-refractivity contribution in [3.05, 3.63) is 33.9 Å². The predicted molar refractivity (Wildman–Crippen MR) is 77.7 cm³/mol. The Kier molecular flexibility index (Phi) is 5.83. The van der Waals surface area contributed by atoms with Crippen molar-refractivity contribution in [1.29, 1.82) is 0 Å². The highest BCUT2D eigenvalue weighted by atomic mass is 16.6. The van der Waals surface area contributed by atoms with E-state index >= 15 is 0 Å². The van der Waals surface area contributed by atoms with Gasteiger partial charge in [0.1, 0.15) is 11.7 Å². The lowest BCUT2D eigenvalue weighted by Crippen LogP contribution is -2.29. The van der Waals surface area contributed by atoms with Crippen LogP contribution in [0.2, 0.25) is 0 Å². The maximum absolute atomic E-state index is 11.6. The lowest BCUT2D eigenvalue weighted by Gasteiger charge is -2.15. The van der Waals surface area contributed by atoms with Crippen LogP contribution >= 0.6 is 0 Å². The number of hydrogen-bond donors (Lipinski definition) is 2. The van der Waals surface area contributed by atoms with Gasteiger partial charge in [-0.15, -0.1) is 0 Å². The zero-order chi connectivity index (χ0) is 16.0. The Morgan fingerprint density at radius 1 is 1.38 bits per heavy atom. The van der Waals surface area contributed by atoms with Crippen molar-refractivity contribution < 1.29 is 19.6 Å². The Balaban J connectivity index is 3.14. The van der Waals surface area contributed by atoms with E-state index < -0.39 is 16.9 Å². The van der Waals surface area contributed by atoms with Gasteiger partial charge in [0.15, 0.2) is 5.78 Å². The largest absolute Gasteiger partial charge is 0.480 e. The van der Waals surface area contributed by atoms with Crippen LogP contribution in [0.4, 0.5) is 11.4 Å². The van der Waals surface area contributed by atoms with Gasteiger partial charge in [-0.25, -0.2) is 4.79 Å². The molecule has 1 aromatic carbocycles. The maximum Gasteiger partial charge on any atom is 0.326 e. The summed E-state index contributed by atoms with van der Waals surface area (Å²) in [6, 6.07) is 3.12. The number of carboxylic acids is 1. The third-order valence-electron chi connectivity index (χ3n) is 3.04. The van der Waals surface area contributed by atoms with E-state index in [1.165, 1.54) is 18.2 Å². The van der Waals surface area contributed by atoms with Crippen LogP contribution in [-0.2, 0) is 4.79 Å². The van der Waals surface area contributed by atoms with E-state index in [0.717, 1.165) is 0 Å². The topological polar surface area (TPSA) is 110 Å². The Labute approximate surface area is 122 Å². The summed E-state index contributed by atoms with van der Waals surface area (Å²) in [4.78, 5) is 33.2. The van der Waals surface area contributed by atoms with Gasteiger partial charge in [-0.1, -0.05) is 20.3 Å². The zero-order valence-corrected chi connectivity index (χ0v) is 12.0. The number of carboxylic acid groups (broad SMARTS) is 1. The molecule has 0 saturated carbocycles. The first kappa shape index (κ1) is 16.6. The van der Waals surface area contributed by atoms with Gasteiger partial charge >= 0.3 is 5.97 Å². The molecule has 0 saturated heterocycles.